The minimum atomic E-state index is -0.0208. The molecule has 1 aliphatic rings. The first-order valence-electron chi connectivity index (χ1n) is 6.25. The molecule has 0 aromatic heterocycles. The van der Waals surface area contributed by atoms with Gasteiger partial charge in [0.25, 0.3) is 0 Å². The van der Waals surface area contributed by atoms with Gasteiger partial charge in [0, 0.05) is 38.5 Å². The lowest BCUT2D eigenvalue weighted by Crippen LogP contribution is -2.51. The molecule has 0 saturated carbocycles. The third-order valence-electron chi connectivity index (χ3n) is 3.07. The lowest BCUT2D eigenvalue weighted by atomic mass is 10.0. The fourth-order valence-corrected chi connectivity index (χ4v) is 2.29. The second-order valence-corrected chi connectivity index (χ2v) is 4.78. The number of piperidine rings is 1. The smallest absolute Gasteiger partial charge is 0.226 e. The highest BCUT2D eigenvalue weighted by molar-refractivity contribution is 5.85. The molecule has 0 spiro atoms. The molecule has 0 aromatic carbocycles. The van der Waals surface area contributed by atoms with Crippen LogP contribution in [0, 0.1) is 5.92 Å². The van der Waals surface area contributed by atoms with Gasteiger partial charge in [-0.15, -0.1) is 12.4 Å². The maximum atomic E-state index is 12.1. The molecule has 0 aromatic rings. The molecular formula is C12H24ClN3O2. The summed E-state index contributed by atoms with van der Waals surface area (Å²) in [5.41, 5.74) is 0. The number of nitrogens with zero attached hydrogens (tertiary/aromatic N) is 1. The van der Waals surface area contributed by atoms with Crippen LogP contribution in [0.2, 0.25) is 0 Å². The van der Waals surface area contributed by atoms with E-state index in [4.69, 9.17) is 0 Å². The molecule has 1 heterocycles. The van der Waals surface area contributed by atoms with E-state index in [1.165, 1.54) is 6.92 Å². The van der Waals surface area contributed by atoms with Crippen molar-refractivity contribution in [1.29, 1.82) is 0 Å². The quantitative estimate of drug-likeness (QED) is 0.782. The van der Waals surface area contributed by atoms with E-state index in [2.05, 4.69) is 10.6 Å². The summed E-state index contributed by atoms with van der Waals surface area (Å²) < 4.78 is 0. The van der Waals surface area contributed by atoms with Gasteiger partial charge < -0.3 is 15.5 Å². The van der Waals surface area contributed by atoms with Crippen LogP contribution in [-0.4, -0.2) is 49.4 Å². The van der Waals surface area contributed by atoms with Crippen molar-refractivity contribution in [3.63, 3.8) is 0 Å². The summed E-state index contributed by atoms with van der Waals surface area (Å²) in [7, 11) is 1.85. The SMILES string of the molecule is CNCC(C)C(=O)N1CCCC(NC(C)=O)C1.Cl. The lowest BCUT2D eigenvalue weighted by molar-refractivity contribution is -0.136. The minimum absolute atomic E-state index is 0. The van der Waals surface area contributed by atoms with Crippen molar-refractivity contribution in [3.05, 3.63) is 0 Å². The number of rotatable bonds is 4. The molecule has 106 valence electrons. The first-order valence-corrected chi connectivity index (χ1v) is 6.25. The van der Waals surface area contributed by atoms with E-state index < -0.39 is 0 Å². The largest absolute Gasteiger partial charge is 0.352 e. The lowest BCUT2D eigenvalue weighted by Gasteiger charge is -2.34. The Morgan fingerprint density at radius 3 is 2.67 bits per heavy atom. The molecule has 0 aliphatic carbocycles. The third kappa shape index (κ3) is 5.23. The molecule has 1 aliphatic heterocycles. The molecule has 0 radical (unpaired) electrons. The number of halogens is 1. The van der Waals surface area contributed by atoms with E-state index in [1.807, 2.05) is 18.9 Å². The predicted octanol–water partition coefficient (Wildman–Crippen LogP) is 0.391. The van der Waals surface area contributed by atoms with Gasteiger partial charge in [-0.1, -0.05) is 6.92 Å². The summed E-state index contributed by atoms with van der Waals surface area (Å²) in [6, 6.07) is 0.118. The Kier molecular flexibility index (Phi) is 7.95. The van der Waals surface area contributed by atoms with Crippen LogP contribution in [0.25, 0.3) is 0 Å². The van der Waals surface area contributed by atoms with Gasteiger partial charge in [0.15, 0.2) is 0 Å². The summed E-state index contributed by atoms with van der Waals surface area (Å²) in [5, 5.41) is 5.90. The van der Waals surface area contributed by atoms with Crippen LogP contribution < -0.4 is 10.6 Å². The molecule has 18 heavy (non-hydrogen) atoms. The molecule has 6 heteroatoms. The van der Waals surface area contributed by atoms with E-state index in [0.717, 1.165) is 19.4 Å². The Morgan fingerprint density at radius 2 is 2.11 bits per heavy atom. The molecule has 2 unspecified atom stereocenters. The van der Waals surface area contributed by atoms with E-state index in [9.17, 15) is 9.59 Å². The number of carbonyl (C=O) groups is 2. The van der Waals surface area contributed by atoms with Gasteiger partial charge in [-0.05, 0) is 19.9 Å². The second kappa shape index (κ2) is 8.32. The van der Waals surface area contributed by atoms with Crippen LogP contribution in [0.3, 0.4) is 0 Å². The Labute approximate surface area is 115 Å². The van der Waals surface area contributed by atoms with Crippen molar-refractivity contribution < 1.29 is 9.59 Å². The number of carbonyl (C=O) groups excluding carboxylic acids is 2. The van der Waals surface area contributed by atoms with Gasteiger partial charge in [0.2, 0.25) is 11.8 Å². The molecule has 5 nitrogen and oxygen atoms in total. The summed E-state index contributed by atoms with van der Waals surface area (Å²) >= 11 is 0. The molecule has 2 amide bonds. The van der Waals surface area contributed by atoms with Gasteiger partial charge >= 0.3 is 0 Å². The molecule has 1 saturated heterocycles. The second-order valence-electron chi connectivity index (χ2n) is 4.78. The summed E-state index contributed by atoms with van der Waals surface area (Å²) in [4.78, 5) is 25.0. The van der Waals surface area contributed by atoms with Crippen LogP contribution in [0.1, 0.15) is 26.7 Å². The zero-order valence-electron chi connectivity index (χ0n) is 11.4. The normalized spacial score (nSPS) is 20.8. The number of amides is 2. The standard InChI is InChI=1S/C12H23N3O2.ClH/c1-9(7-13-3)12(17)15-6-4-5-11(8-15)14-10(2)16;/h9,11,13H,4-8H2,1-3H3,(H,14,16);1H. The topological polar surface area (TPSA) is 61.4 Å². The first-order chi connectivity index (χ1) is 8.04. The highest BCUT2D eigenvalue weighted by atomic mass is 35.5. The predicted molar refractivity (Wildman–Crippen MR) is 73.8 cm³/mol. The Hall–Kier alpha value is -0.810. The zero-order chi connectivity index (χ0) is 12.8. The molecule has 2 N–H and O–H groups in total. The van der Waals surface area contributed by atoms with Crippen LogP contribution in [0.15, 0.2) is 0 Å². The Balaban J connectivity index is 0.00000289. The van der Waals surface area contributed by atoms with Crippen LogP contribution in [-0.2, 0) is 9.59 Å². The maximum absolute atomic E-state index is 12.1. The molecular weight excluding hydrogens is 254 g/mol. The third-order valence-corrected chi connectivity index (χ3v) is 3.07. The average molecular weight is 278 g/mol. The van der Waals surface area contributed by atoms with Gasteiger partial charge in [0.05, 0.1) is 0 Å². The average Bonchev–Trinajstić information content (AvgIpc) is 2.28. The number of hydrogen-bond donors (Lipinski definition) is 2. The number of nitrogens with one attached hydrogen (secondary N) is 2. The summed E-state index contributed by atoms with van der Waals surface area (Å²) in [6.07, 6.45) is 1.92. The fraction of sp³-hybridized carbons (Fsp3) is 0.833. The van der Waals surface area contributed by atoms with Crippen molar-refractivity contribution in [2.45, 2.75) is 32.7 Å². The van der Waals surface area contributed by atoms with E-state index in [1.54, 1.807) is 0 Å². The van der Waals surface area contributed by atoms with Gasteiger partial charge in [-0.25, -0.2) is 0 Å². The van der Waals surface area contributed by atoms with Gasteiger partial charge in [-0.3, -0.25) is 9.59 Å². The van der Waals surface area contributed by atoms with Gasteiger partial charge in [-0.2, -0.15) is 0 Å². The van der Waals surface area contributed by atoms with Crippen molar-refractivity contribution >= 4 is 24.2 Å². The van der Waals surface area contributed by atoms with E-state index in [0.29, 0.717) is 13.1 Å². The fourth-order valence-electron chi connectivity index (χ4n) is 2.29. The maximum Gasteiger partial charge on any atom is 0.226 e. The zero-order valence-corrected chi connectivity index (χ0v) is 12.2. The van der Waals surface area contributed by atoms with Crippen LogP contribution in [0.4, 0.5) is 0 Å². The Bertz CT molecular complexity index is 286. The Morgan fingerprint density at radius 1 is 1.44 bits per heavy atom. The van der Waals surface area contributed by atoms with Crippen LogP contribution >= 0.6 is 12.4 Å². The summed E-state index contributed by atoms with van der Waals surface area (Å²) in [6.45, 7) is 5.60. The van der Waals surface area contributed by atoms with Crippen LogP contribution in [0.5, 0.6) is 0 Å². The van der Waals surface area contributed by atoms with Crippen molar-refractivity contribution in [2.75, 3.05) is 26.7 Å². The van der Waals surface area contributed by atoms with E-state index >= 15 is 0 Å². The minimum Gasteiger partial charge on any atom is -0.352 e. The van der Waals surface area contributed by atoms with E-state index in [-0.39, 0.29) is 36.2 Å². The molecule has 1 fully saturated rings. The van der Waals surface area contributed by atoms with Crippen molar-refractivity contribution in [2.24, 2.45) is 5.92 Å². The summed E-state index contributed by atoms with van der Waals surface area (Å²) in [5.74, 6) is 0.151. The van der Waals surface area contributed by atoms with Gasteiger partial charge in [0.1, 0.15) is 0 Å². The monoisotopic (exact) mass is 277 g/mol. The number of hydrogen-bond acceptors (Lipinski definition) is 3. The number of likely N-dealkylation sites (tertiary alicyclic amines) is 1. The van der Waals surface area contributed by atoms with Crippen molar-refractivity contribution in [1.82, 2.24) is 15.5 Å². The molecule has 1 rings (SSSR count). The molecule has 0 bridgehead atoms. The highest BCUT2D eigenvalue weighted by Gasteiger charge is 2.26. The van der Waals surface area contributed by atoms with Crippen molar-refractivity contribution in [3.8, 4) is 0 Å². The first kappa shape index (κ1) is 17.2. The highest BCUT2D eigenvalue weighted by Crippen LogP contribution is 2.13. The molecule has 2 atom stereocenters.